The molecule has 0 spiro atoms. The number of nitrogens with one attached hydrogen (secondary N) is 1. The summed E-state index contributed by atoms with van der Waals surface area (Å²) in [4.78, 5) is 3.67. The van der Waals surface area contributed by atoms with Crippen molar-refractivity contribution in [1.82, 2.24) is 4.98 Å². The number of hydrogen-bond acceptors (Lipinski definition) is 1. The summed E-state index contributed by atoms with van der Waals surface area (Å²) in [6, 6.07) is 15.1. The van der Waals surface area contributed by atoms with Gasteiger partial charge >= 0.3 is 0 Å². The van der Waals surface area contributed by atoms with E-state index in [4.69, 9.17) is 0 Å². The predicted molar refractivity (Wildman–Crippen MR) is 74.1 cm³/mol. The molecule has 2 aromatic carbocycles. The maximum absolute atomic E-state index is 3.67. The van der Waals surface area contributed by atoms with Crippen LogP contribution in [-0.2, 0) is 6.54 Å². The lowest BCUT2D eigenvalue weighted by atomic mass is 10.1. The molecule has 0 atom stereocenters. The lowest BCUT2D eigenvalue weighted by molar-refractivity contribution is 0.923. The Bertz CT molecular complexity index is 480. The van der Waals surface area contributed by atoms with Crippen LogP contribution in [0.1, 0.15) is 5.56 Å². The highest BCUT2D eigenvalue weighted by molar-refractivity contribution is 6.73. The maximum Gasteiger partial charge on any atom is 0.116 e. The van der Waals surface area contributed by atoms with Crippen LogP contribution in [0.3, 0.4) is 0 Å². The maximum atomic E-state index is 3.67. The van der Waals surface area contributed by atoms with Crippen molar-refractivity contribution in [3.63, 3.8) is 0 Å². The van der Waals surface area contributed by atoms with E-state index in [1.807, 2.05) is 0 Å². The fourth-order valence-corrected chi connectivity index (χ4v) is 2.53. The molecule has 0 bridgehead atoms. The van der Waals surface area contributed by atoms with Crippen LogP contribution in [0.5, 0.6) is 0 Å². The topological polar surface area (TPSA) is 12.0 Å². The summed E-state index contributed by atoms with van der Waals surface area (Å²) in [5.41, 5.74) is 1.40. The standard InChI is InChI=1S/C14H19NSi/c1-16(2,3)15-11-13-9-6-8-12-7-4-5-10-14(12)13/h4-10,15H,11H2,1-3H3. The molecule has 0 saturated heterocycles. The molecule has 0 amide bonds. The molecule has 0 aliphatic carbocycles. The first kappa shape index (κ1) is 11.4. The van der Waals surface area contributed by atoms with E-state index in [2.05, 4.69) is 67.1 Å². The largest absolute Gasteiger partial charge is 0.334 e. The van der Waals surface area contributed by atoms with Gasteiger partial charge in [0.15, 0.2) is 0 Å². The number of benzene rings is 2. The Morgan fingerprint density at radius 2 is 1.62 bits per heavy atom. The van der Waals surface area contributed by atoms with E-state index in [0.29, 0.717) is 0 Å². The first-order chi connectivity index (χ1) is 7.56. The smallest absolute Gasteiger partial charge is 0.116 e. The number of rotatable bonds is 3. The minimum absolute atomic E-state index is 0.983. The second kappa shape index (κ2) is 4.40. The molecule has 0 fully saturated rings. The third-order valence-electron chi connectivity index (χ3n) is 2.69. The molecule has 0 aliphatic rings. The van der Waals surface area contributed by atoms with Crippen LogP contribution >= 0.6 is 0 Å². The highest BCUT2D eigenvalue weighted by atomic mass is 28.3. The van der Waals surface area contributed by atoms with Crippen molar-refractivity contribution in [3.05, 3.63) is 48.0 Å². The molecule has 2 heteroatoms. The molecule has 0 saturated carbocycles. The molecule has 2 aromatic rings. The Morgan fingerprint density at radius 1 is 0.938 bits per heavy atom. The van der Waals surface area contributed by atoms with Crippen LogP contribution < -0.4 is 4.98 Å². The normalized spacial score (nSPS) is 11.9. The van der Waals surface area contributed by atoms with Crippen LogP contribution in [0.25, 0.3) is 10.8 Å². The van der Waals surface area contributed by atoms with Gasteiger partial charge in [0.25, 0.3) is 0 Å². The van der Waals surface area contributed by atoms with E-state index >= 15 is 0 Å². The summed E-state index contributed by atoms with van der Waals surface area (Å²) in [6.07, 6.45) is 0. The molecule has 0 aliphatic heterocycles. The molecule has 0 aromatic heterocycles. The van der Waals surface area contributed by atoms with E-state index in [-0.39, 0.29) is 0 Å². The summed E-state index contributed by atoms with van der Waals surface area (Å²) in [5, 5.41) is 2.70. The SMILES string of the molecule is C[Si](C)(C)NCc1cccc2ccccc12. The van der Waals surface area contributed by atoms with Gasteiger partial charge in [-0.2, -0.15) is 0 Å². The average molecular weight is 229 g/mol. The highest BCUT2D eigenvalue weighted by Gasteiger charge is 2.12. The Kier molecular flexibility index (Phi) is 3.12. The van der Waals surface area contributed by atoms with Gasteiger partial charge in [0.2, 0.25) is 0 Å². The predicted octanol–water partition coefficient (Wildman–Crippen LogP) is 3.76. The van der Waals surface area contributed by atoms with Crippen LogP contribution in [0, 0.1) is 0 Å². The first-order valence-electron chi connectivity index (χ1n) is 5.78. The molecule has 84 valence electrons. The average Bonchev–Trinajstić information content (AvgIpc) is 2.25. The van der Waals surface area contributed by atoms with Gasteiger partial charge < -0.3 is 4.98 Å². The number of hydrogen-bond donors (Lipinski definition) is 1. The summed E-state index contributed by atoms with van der Waals surface area (Å²) in [6.45, 7) is 7.98. The second-order valence-electron chi connectivity index (χ2n) is 5.24. The molecule has 1 nitrogen and oxygen atoms in total. The van der Waals surface area contributed by atoms with Crippen molar-refractivity contribution < 1.29 is 0 Å². The molecule has 16 heavy (non-hydrogen) atoms. The Hall–Kier alpha value is -1.12. The molecule has 0 radical (unpaired) electrons. The second-order valence-corrected chi connectivity index (χ2v) is 10.1. The molecule has 1 N–H and O–H groups in total. The van der Waals surface area contributed by atoms with E-state index in [1.165, 1.54) is 16.3 Å². The summed E-state index contributed by atoms with van der Waals surface area (Å²) in [7, 11) is -1.18. The van der Waals surface area contributed by atoms with Crippen molar-refractivity contribution in [3.8, 4) is 0 Å². The van der Waals surface area contributed by atoms with Crippen molar-refractivity contribution in [2.24, 2.45) is 0 Å². The van der Waals surface area contributed by atoms with Gasteiger partial charge in [-0.1, -0.05) is 62.1 Å². The minimum atomic E-state index is -1.18. The van der Waals surface area contributed by atoms with Crippen molar-refractivity contribution >= 4 is 19.0 Å². The number of fused-ring (bicyclic) bond motifs is 1. The minimum Gasteiger partial charge on any atom is -0.334 e. The van der Waals surface area contributed by atoms with Crippen LogP contribution in [0.4, 0.5) is 0 Å². The van der Waals surface area contributed by atoms with E-state index in [1.54, 1.807) is 0 Å². The van der Waals surface area contributed by atoms with Gasteiger partial charge in [-0.25, -0.2) is 0 Å². The molecule has 0 heterocycles. The zero-order chi connectivity index (χ0) is 11.6. The molecule has 0 unspecified atom stereocenters. The van der Waals surface area contributed by atoms with E-state index in [0.717, 1.165) is 6.54 Å². The van der Waals surface area contributed by atoms with Gasteiger partial charge in [0.05, 0.1) is 0 Å². The fraction of sp³-hybridized carbons (Fsp3) is 0.286. The lowest BCUT2D eigenvalue weighted by Gasteiger charge is -2.18. The van der Waals surface area contributed by atoms with Gasteiger partial charge in [-0.05, 0) is 16.3 Å². The van der Waals surface area contributed by atoms with Crippen molar-refractivity contribution in [2.45, 2.75) is 26.2 Å². The van der Waals surface area contributed by atoms with Gasteiger partial charge in [-0.15, -0.1) is 0 Å². The van der Waals surface area contributed by atoms with Crippen LogP contribution in [-0.4, -0.2) is 8.24 Å². The zero-order valence-corrected chi connectivity index (χ0v) is 11.2. The molecular weight excluding hydrogens is 210 g/mol. The molecular formula is C14H19NSi. The zero-order valence-electron chi connectivity index (χ0n) is 10.2. The Balaban J connectivity index is 2.30. The highest BCUT2D eigenvalue weighted by Crippen LogP contribution is 2.18. The Morgan fingerprint density at radius 3 is 2.38 bits per heavy atom. The van der Waals surface area contributed by atoms with E-state index in [9.17, 15) is 0 Å². The monoisotopic (exact) mass is 229 g/mol. The van der Waals surface area contributed by atoms with Crippen molar-refractivity contribution in [1.29, 1.82) is 0 Å². The van der Waals surface area contributed by atoms with Crippen LogP contribution in [0.2, 0.25) is 19.6 Å². The quantitative estimate of drug-likeness (QED) is 0.790. The molecule has 2 rings (SSSR count). The summed E-state index contributed by atoms with van der Waals surface area (Å²) < 4.78 is 0. The summed E-state index contributed by atoms with van der Waals surface area (Å²) in [5.74, 6) is 0. The van der Waals surface area contributed by atoms with Crippen molar-refractivity contribution in [2.75, 3.05) is 0 Å². The van der Waals surface area contributed by atoms with Gasteiger partial charge in [-0.3, -0.25) is 0 Å². The van der Waals surface area contributed by atoms with Gasteiger partial charge in [0.1, 0.15) is 8.24 Å². The van der Waals surface area contributed by atoms with Crippen LogP contribution in [0.15, 0.2) is 42.5 Å². The van der Waals surface area contributed by atoms with Gasteiger partial charge in [0, 0.05) is 6.54 Å². The summed E-state index contributed by atoms with van der Waals surface area (Å²) >= 11 is 0. The fourth-order valence-electron chi connectivity index (χ4n) is 1.81. The van der Waals surface area contributed by atoms with E-state index < -0.39 is 8.24 Å². The first-order valence-corrected chi connectivity index (χ1v) is 9.28. The Labute approximate surface area is 98.6 Å². The third-order valence-corrected chi connectivity index (χ3v) is 3.93. The lowest BCUT2D eigenvalue weighted by Crippen LogP contribution is -2.40. The third kappa shape index (κ3) is 2.71.